The molecule has 0 bridgehead atoms. The zero-order chi connectivity index (χ0) is 14.1. The number of hydrogen-bond acceptors (Lipinski definition) is 3. The number of aromatic amines is 1. The SMILES string of the molecule is Cc1[nH]c(=O)c2ccccc2c1CN1CCCC1CO. The first kappa shape index (κ1) is 13.3. The van der Waals surface area contributed by atoms with Crippen LogP contribution in [0.5, 0.6) is 0 Å². The molecule has 0 aliphatic carbocycles. The quantitative estimate of drug-likeness (QED) is 0.895. The van der Waals surface area contributed by atoms with Crippen LogP contribution in [0.25, 0.3) is 10.8 Å². The molecule has 1 saturated heterocycles. The summed E-state index contributed by atoms with van der Waals surface area (Å²) in [6, 6.07) is 7.99. The Morgan fingerprint density at radius 3 is 2.85 bits per heavy atom. The maximum absolute atomic E-state index is 12.0. The molecule has 2 heterocycles. The topological polar surface area (TPSA) is 56.3 Å². The van der Waals surface area contributed by atoms with Crippen LogP contribution in [0.2, 0.25) is 0 Å². The van der Waals surface area contributed by atoms with Gasteiger partial charge in [-0.1, -0.05) is 18.2 Å². The minimum atomic E-state index is -0.0259. The number of aliphatic hydroxyl groups excluding tert-OH is 1. The number of fused-ring (bicyclic) bond motifs is 1. The highest BCUT2D eigenvalue weighted by Crippen LogP contribution is 2.24. The van der Waals surface area contributed by atoms with Gasteiger partial charge in [0.15, 0.2) is 0 Å². The number of hydrogen-bond donors (Lipinski definition) is 2. The van der Waals surface area contributed by atoms with Gasteiger partial charge in [0, 0.05) is 23.7 Å². The van der Waals surface area contributed by atoms with Crippen molar-refractivity contribution in [3.8, 4) is 0 Å². The summed E-state index contributed by atoms with van der Waals surface area (Å²) in [5, 5.41) is 11.2. The average molecular weight is 272 g/mol. The fraction of sp³-hybridized carbons (Fsp3) is 0.438. The third kappa shape index (κ3) is 2.25. The van der Waals surface area contributed by atoms with E-state index in [0.717, 1.165) is 42.4 Å². The number of nitrogens with zero attached hydrogens (tertiary/aromatic N) is 1. The number of aromatic nitrogens is 1. The van der Waals surface area contributed by atoms with E-state index in [0.29, 0.717) is 0 Å². The molecule has 1 aromatic carbocycles. The van der Waals surface area contributed by atoms with Crippen LogP contribution >= 0.6 is 0 Å². The second-order valence-corrected chi connectivity index (χ2v) is 5.55. The van der Waals surface area contributed by atoms with Gasteiger partial charge in [0.05, 0.1) is 6.61 Å². The number of nitrogens with one attached hydrogen (secondary N) is 1. The lowest BCUT2D eigenvalue weighted by Gasteiger charge is -2.24. The molecule has 2 N–H and O–H groups in total. The van der Waals surface area contributed by atoms with Crippen molar-refractivity contribution in [3.63, 3.8) is 0 Å². The van der Waals surface area contributed by atoms with E-state index in [1.165, 1.54) is 5.56 Å². The lowest BCUT2D eigenvalue weighted by molar-refractivity contribution is 0.153. The number of rotatable bonds is 3. The van der Waals surface area contributed by atoms with E-state index in [9.17, 15) is 9.90 Å². The van der Waals surface area contributed by atoms with Crippen molar-refractivity contribution in [1.82, 2.24) is 9.88 Å². The maximum atomic E-state index is 12.0. The van der Waals surface area contributed by atoms with E-state index in [2.05, 4.69) is 9.88 Å². The molecule has 0 saturated carbocycles. The van der Waals surface area contributed by atoms with Crippen LogP contribution in [0.15, 0.2) is 29.1 Å². The molecule has 1 aromatic heterocycles. The summed E-state index contributed by atoms with van der Waals surface area (Å²) in [7, 11) is 0. The molecule has 20 heavy (non-hydrogen) atoms. The van der Waals surface area contributed by atoms with E-state index in [4.69, 9.17) is 0 Å². The molecule has 3 rings (SSSR count). The molecule has 2 aromatic rings. The van der Waals surface area contributed by atoms with Crippen LogP contribution in [0, 0.1) is 6.92 Å². The molecule has 1 aliphatic heterocycles. The largest absolute Gasteiger partial charge is 0.395 e. The van der Waals surface area contributed by atoms with Crippen LogP contribution in [0.4, 0.5) is 0 Å². The van der Waals surface area contributed by atoms with Gasteiger partial charge in [-0.15, -0.1) is 0 Å². The second-order valence-electron chi connectivity index (χ2n) is 5.55. The summed E-state index contributed by atoms with van der Waals surface area (Å²) in [5.74, 6) is 0. The number of H-pyrrole nitrogens is 1. The van der Waals surface area contributed by atoms with E-state index >= 15 is 0 Å². The van der Waals surface area contributed by atoms with E-state index in [-0.39, 0.29) is 18.2 Å². The lowest BCUT2D eigenvalue weighted by atomic mass is 10.0. The Morgan fingerprint density at radius 2 is 2.10 bits per heavy atom. The Bertz CT molecular complexity index is 678. The molecule has 1 aliphatic rings. The van der Waals surface area contributed by atoms with Crippen LogP contribution in [0.3, 0.4) is 0 Å². The number of benzene rings is 1. The highest BCUT2D eigenvalue weighted by Gasteiger charge is 2.24. The van der Waals surface area contributed by atoms with Crippen molar-refractivity contribution < 1.29 is 5.11 Å². The lowest BCUT2D eigenvalue weighted by Crippen LogP contribution is -2.32. The summed E-state index contributed by atoms with van der Waals surface area (Å²) in [5.41, 5.74) is 2.07. The summed E-state index contributed by atoms with van der Waals surface area (Å²) < 4.78 is 0. The Labute approximate surface area is 118 Å². The van der Waals surface area contributed by atoms with Gasteiger partial charge in [0.1, 0.15) is 0 Å². The average Bonchev–Trinajstić information content (AvgIpc) is 2.90. The summed E-state index contributed by atoms with van der Waals surface area (Å²) in [6.45, 7) is 3.96. The molecular weight excluding hydrogens is 252 g/mol. The normalized spacial score (nSPS) is 19.8. The number of pyridine rings is 1. The van der Waals surface area contributed by atoms with Gasteiger partial charge in [-0.3, -0.25) is 9.69 Å². The van der Waals surface area contributed by atoms with Crippen LogP contribution in [-0.4, -0.2) is 34.2 Å². The third-order valence-electron chi connectivity index (χ3n) is 4.32. The smallest absolute Gasteiger partial charge is 0.256 e. The zero-order valence-corrected chi connectivity index (χ0v) is 11.7. The Kier molecular flexibility index (Phi) is 3.59. The summed E-state index contributed by atoms with van der Waals surface area (Å²) >= 11 is 0. The van der Waals surface area contributed by atoms with Crippen molar-refractivity contribution in [2.75, 3.05) is 13.2 Å². The van der Waals surface area contributed by atoms with Gasteiger partial charge in [-0.25, -0.2) is 0 Å². The second kappa shape index (κ2) is 5.38. The standard InChI is InChI=1S/C16H20N2O2/c1-11-15(9-18-8-4-5-12(18)10-19)13-6-2-3-7-14(13)16(20)17-11/h2-3,6-7,12,19H,4-5,8-10H2,1H3,(H,17,20). The highest BCUT2D eigenvalue weighted by molar-refractivity contribution is 5.85. The molecule has 106 valence electrons. The molecular formula is C16H20N2O2. The first-order valence-corrected chi connectivity index (χ1v) is 7.16. The number of likely N-dealkylation sites (tertiary alicyclic amines) is 1. The molecule has 4 heteroatoms. The molecule has 0 radical (unpaired) electrons. The van der Waals surface area contributed by atoms with Gasteiger partial charge >= 0.3 is 0 Å². The summed E-state index contributed by atoms with van der Waals surface area (Å²) in [4.78, 5) is 17.3. The van der Waals surface area contributed by atoms with Crippen molar-refractivity contribution in [2.45, 2.75) is 32.4 Å². The predicted octanol–water partition coefficient (Wildman–Crippen LogP) is 1.79. The summed E-state index contributed by atoms with van der Waals surface area (Å²) in [6.07, 6.45) is 2.18. The van der Waals surface area contributed by atoms with Crippen molar-refractivity contribution >= 4 is 10.8 Å². The van der Waals surface area contributed by atoms with Gasteiger partial charge in [0.25, 0.3) is 5.56 Å². The van der Waals surface area contributed by atoms with E-state index in [1.807, 2.05) is 31.2 Å². The van der Waals surface area contributed by atoms with Gasteiger partial charge in [0.2, 0.25) is 0 Å². The molecule has 1 atom stereocenters. The minimum absolute atomic E-state index is 0.0259. The molecule has 1 fully saturated rings. The van der Waals surface area contributed by atoms with Gasteiger partial charge in [-0.05, 0) is 43.3 Å². The van der Waals surface area contributed by atoms with Crippen LogP contribution < -0.4 is 5.56 Å². The number of aliphatic hydroxyl groups is 1. The first-order chi connectivity index (χ1) is 9.70. The maximum Gasteiger partial charge on any atom is 0.256 e. The van der Waals surface area contributed by atoms with Crippen LogP contribution in [0.1, 0.15) is 24.1 Å². The van der Waals surface area contributed by atoms with Crippen molar-refractivity contribution in [1.29, 1.82) is 0 Å². The first-order valence-electron chi connectivity index (χ1n) is 7.16. The predicted molar refractivity (Wildman–Crippen MR) is 79.8 cm³/mol. The van der Waals surface area contributed by atoms with Gasteiger partial charge < -0.3 is 10.1 Å². The minimum Gasteiger partial charge on any atom is -0.395 e. The monoisotopic (exact) mass is 272 g/mol. The Morgan fingerprint density at radius 1 is 1.35 bits per heavy atom. The zero-order valence-electron chi connectivity index (χ0n) is 11.7. The third-order valence-corrected chi connectivity index (χ3v) is 4.32. The van der Waals surface area contributed by atoms with Crippen molar-refractivity contribution in [3.05, 3.63) is 45.9 Å². The van der Waals surface area contributed by atoms with Crippen molar-refractivity contribution in [2.24, 2.45) is 0 Å². The molecule has 1 unspecified atom stereocenters. The fourth-order valence-electron chi connectivity index (χ4n) is 3.18. The Hall–Kier alpha value is -1.65. The van der Waals surface area contributed by atoms with E-state index in [1.54, 1.807) is 0 Å². The van der Waals surface area contributed by atoms with Crippen LogP contribution in [-0.2, 0) is 6.54 Å². The van der Waals surface area contributed by atoms with E-state index < -0.39 is 0 Å². The Balaban J connectivity index is 2.05. The molecule has 0 spiro atoms. The molecule has 4 nitrogen and oxygen atoms in total. The molecule has 0 amide bonds. The van der Waals surface area contributed by atoms with Gasteiger partial charge in [-0.2, -0.15) is 0 Å². The number of aryl methyl sites for hydroxylation is 1. The fourth-order valence-corrected chi connectivity index (χ4v) is 3.18. The highest BCUT2D eigenvalue weighted by atomic mass is 16.3.